The predicted octanol–water partition coefficient (Wildman–Crippen LogP) is 0.399. The topological polar surface area (TPSA) is 38.5 Å². The molecule has 3 nitrogen and oxygen atoms in total. The third-order valence-electron chi connectivity index (χ3n) is 2.24. The van der Waals surface area contributed by atoms with Gasteiger partial charge in [-0.2, -0.15) is 11.8 Å². The smallest absolute Gasteiger partial charge is 0.0792 e. The van der Waals surface area contributed by atoms with Crippen LogP contribution in [0.2, 0.25) is 0 Å². The Morgan fingerprint density at radius 2 is 2.46 bits per heavy atom. The zero-order valence-electron chi connectivity index (χ0n) is 8.37. The highest BCUT2D eigenvalue weighted by Crippen LogP contribution is 2.10. The van der Waals surface area contributed by atoms with Crippen molar-refractivity contribution >= 4 is 11.8 Å². The van der Waals surface area contributed by atoms with Crippen LogP contribution in [-0.4, -0.2) is 55.3 Å². The molecule has 2 N–H and O–H groups in total. The van der Waals surface area contributed by atoms with Crippen LogP contribution in [0.15, 0.2) is 0 Å². The van der Waals surface area contributed by atoms with Gasteiger partial charge in [0.2, 0.25) is 0 Å². The van der Waals surface area contributed by atoms with E-state index in [0.717, 1.165) is 44.3 Å². The van der Waals surface area contributed by atoms with Crippen LogP contribution in [0.1, 0.15) is 6.92 Å². The molecule has 1 heterocycles. The second kappa shape index (κ2) is 6.65. The largest absolute Gasteiger partial charge is 0.375 e. The molecular formula is C9H20N2OS. The molecule has 1 atom stereocenters. The second-order valence-corrected chi connectivity index (χ2v) is 4.40. The second-order valence-electron chi connectivity index (χ2n) is 3.25. The Hall–Kier alpha value is 0.230. The van der Waals surface area contributed by atoms with Gasteiger partial charge in [-0.1, -0.05) is 6.92 Å². The quantitative estimate of drug-likeness (QED) is 0.658. The zero-order valence-corrected chi connectivity index (χ0v) is 9.18. The van der Waals surface area contributed by atoms with Crippen molar-refractivity contribution in [1.82, 2.24) is 4.90 Å². The Balaban J connectivity index is 2.11. The first-order valence-corrected chi connectivity index (χ1v) is 6.14. The van der Waals surface area contributed by atoms with Gasteiger partial charge in [-0.05, 0) is 6.54 Å². The van der Waals surface area contributed by atoms with Crippen LogP contribution in [0.3, 0.4) is 0 Å². The fourth-order valence-electron chi connectivity index (χ4n) is 1.47. The van der Waals surface area contributed by atoms with E-state index in [1.165, 1.54) is 0 Å². The summed E-state index contributed by atoms with van der Waals surface area (Å²) < 4.78 is 5.65. The average molecular weight is 204 g/mol. The summed E-state index contributed by atoms with van der Waals surface area (Å²) in [4.78, 5) is 2.44. The lowest BCUT2D eigenvalue weighted by molar-refractivity contribution is -0.0137. The highest BCUT2D eigenvalue weighted by atomic mass is 32.2. The minimum atomic E-state index is 0.422. The lowest BCUT2D eigenvalue weighted by Crippen LogP contribution is -2.43. The molecule has 4 heteroatoms. The van der Waals surface area contributed by atoms with Gasteiger partial charge >= 0.3 is 0 Å². The molecule has 0 aromatic rings. The summed E-state index contributed by atoms with van der Waals surface area (Å²) in [6.45, 7) is 7.19. The van der Waals surface area contributed by atoms with Gasteiger partial charge in [-0.15, -0.1) is 0 Å². The molecule has 0 aliphatic carbocycles. The molecule has 0 aromatic heterocycles. The fraction of sp³-hybridized carbons (Fsp3) is 1.00. The number of nitrogens with two attached hydrogens (primary N) is 1. The van der Waals surface area contributed by atoms with Crippen molar-refractivity contribution in [3.05, 3.63) is 0 Å². The lowest BCUT2D eigenvalue weighted by Gasteiger charge is -2.31. The van der Waals surface area contributed by atoms with Crippen LogP contribution in [0.25, 0.3) is 0 Å². The SMILES string of the molecule is CCN1CCOC(CSCCN)C1. The van der Waals surface area contributed by atoms with Crippen LogP contribution < -0.4 is 5.73 Å². The van der Waals surface area contributed by atoms with Crippen molar-refractivity contribution < 1.29 is 4.74 Å². The number of nitrogens with zero attached hydrogens (tertiary/aromatic N) is 1. The van der Waals surface area contributed by atoms with E-state index in [4.69, 9.17) is 10.5 Å². The molecule has 0 amide bonds. The monoisotopic (exact) mass is 204 g/mol. The number of thioether (sulfide) groups is 1. The van der Waals surface area contributed by atoms with Gasteiger partial charge in [0.1, 0.15) is 0 Å². The molecular weight excluding hydrogens is 184 g/mol. The van der Waals surface area contributed by atoms with E-state index in [-0.39, 0.29) is 0 Å². The standard InChI is InChI=1S/C9H20N2OS/c1-2-11-4-5-12-9(7-11)8-13-6-3-10/h9H,2-8,10H2,1H3. The number of hydrogen-bond donors (Lipinski definition) is 1. The molecule has 1 unspecified atom stereocenters. The number of morpholine rings is 1. The fourth-order valence-corrected chi connectivity index (χ4v) is 2.26. The first-order chi connectivity index (χ1) is 6.36. The summed E-state index contributed by atoms with van der Waals surface area (Å²) in [5.74, 6) is 2.14. The van der Waals surface area contributed by atoms with Crippen molar-refractivity contribution in [2.45, 2.75) is 13.0 Å². The maximum Gasteiger partial charge on any atom is 0.0792 e. The number of ether oxygens (including phenoxy) is 1. The summed E-state index contributed by atoms with van der Waals surface area (Å²) in [6, 6.07) is 0. The van der Waals surface area contributed by atoms with Crippen molar-refractivity contribution in [2.24, 2.45) is 5.73 Å². The van der Waals surface area contributed by atoms with Crippen LogP contribution in [0, 0.1) is 0 Å². The molecule has 0 saturated carbocycles. The summed E-state index contributed by atoms with van der Waals surface area (Å²) in [6.07, 6.45) is 0.422. The van der Waals surface area contributed by atoms with Gasteiger partial charge < -0.3 is 10.5 Å². The summed E-state index contributed by atoms with van der Waals surface area (Å²) in [5, 5.41) is 0. The van der Waals surface area contributed by atoms with Crippen LogP contribution in [0.5, 0.6) is 0 Å². The molecule has 0 aromatic carbocycles. The number of hydrogen-bond acceptors (Lipinski definition) is 4. The maximum absolute atomic E-state index is 5.65. The first-order valence-electron chi connectivity index (χ1n) is 4.98. The molecule has 1 aliphatic heterocycles. The van der Waals surface area contributed by atoms with Gasteiger partial charge in [-0.3, -0.25) is 4.90 Å². The Morgan fingerprint density at radius 3 is 3.15 bits per heavy atom. The van der Waals surface area contributed by atoms with E-state index < -0.39 is 0 Å². The maximum atomic E-state index is 5.65. The first kappa shape index (κ1) is 11.3. The summed E-state index contributed by atoms with van der Waals surface area (Å²) in [5.41, 5.74) is 5.43. The molecule has 0 bridgehead atoms. The van der Waals surface area contributed by atoms with E-state index >= 15 is 0 Å². The highest BCUT2D eigenvalue weighted by molar-refractivity contribution is 7.99. The van der Waals surface area contributed by atoms with E-state index in [2.05, 4.69) is 11.8 Å². The number of rotatable bonds is 5. The molecule has 1 saturated heterocycles. The van der Waals surface area contributed by atoms with E-state index in [0.29, 0.717) is 6.10 Å². The molecule has 1 fully saturated rings. The van der Waals surface area contributed by atoms with E-state index in [9.17, 15) is 0 Å². The normalized spacial score (nSPS) is 24.9. The van der Waals surface area contributed by atoms with Gasteiger partial charge in [0.05, 0.1) is 12.7 Å². The molecule has 1 aliphatic rings. The van der Waals surface area contributed by atoms with E-state index in [1.807, 2.05) is 11.8 Å². The van der Waals surface area contributed by atoms with Crippen molar-refractivity contribution in [3.63, 3.8) is 0 Å². The average Bonchev–Trinajstić information content (AvgIpc) is 2.19. The van der Waals surface area contributed by atoms with Gasteiger partial charge in [0.25, 0.3) is 0 Å². The molecule has 78 valence electrons. The lowest BCUT2D eigenvalue weighted by atomic mass is 10.3. The third-order valence-corrected chi connectivity index (χ3v) is 3.37. The van der Waals surface area contributed by atoms with Gasteiger partial charge in [-0.25, -0.2) is 0 Å². The zero-order chi connectivity index (χ0) is 9.52. The molecule has 1 rings (SSSR count). The summed E-state index contributed by atoms with van der Waals surface area (Å²) in [7, 11) is 0. The Morgan fingerprint density at radius 1 is 1.62 bits per heavy atom. The van der Waals surface area contributed by atoms with Crippen molar-refractivity contribution in [3.8, 4) is 0 Å². The number of likely N-dealkylation sites (N-methyl/N-ethyl adjacent to an activating group) is 1. The summed E-state index contributed by atoms with van der Waals surface area (Å²) >= 11 is 1.90. The third kappa shape index (κ3) is 4.31. The van der Waals surface area contributed by atoms with Gasteiger partial charge in [0, 0.05) is 31.1 Å². The molecule has 13 heavy (non-hydrogen) atoms. The molecule has 0 spiro atoms. The van der Waals surface area contributed by atoms with Crippen molar-refractivity contribution in [1.29, 1.82) is 0 Å². The predicted molar refractivity (Wildman–Crippen MR) is 58.2 cm³/mol. The van der Waals surface area contributed by atoms with E-state index in [1.54, 1.807) is 0 Å². The van der Waals surface area contributed by atoms with Crippen LogP contribution in [-0.2, 0) is 4.74 Å². The highest BCUT2D eigenvalue weighted by Gasteiger charge is 2.18. The molecule has 0 radical (unpaired) electrons. The van der Waals surface area contributed by atoms with Crippen LogP contribution >= 0.6 is 11.8 Å². The Labute approximate surface area is 85.0 Å². The van der Waals surface area contributed by atoms with Gasteiger partial charge in [0.15, 0.2) is 0 Å². The van der Waals surface area contributed by atoms with Crippen molar-refractivity contribution in [2.75, 3.05) is 44.3 Å². The van der Waals surface area contributed by atoms with Crippen LogP contribution in [0.4, 0.5) is 0 Å². The minimum Gasteiger partial charge on any atom is -0.375 e. The minimum absolute atomic E-state index is 0.422. The Kier molecular flexibility index (Phi) is 5.78. The Bertz CT molecular complexity index is 135.